The van der Waals surface area contributed by atoms with Crippen LogP contribution in [0.4, 0.5) is 0 Å². The topological polar surface area (TPSA) is 65.7 Å². The molecule has 0 radical (unpaired) electrons. The maximum Gasteiger partial charge on any atom is 0.255 e. The number of fused-ring (bicyclic) bond motifs is 1. The van der Waals surface area contributed by atoms with Crippen molar-refractivity contribution in [2.75, 3.05) is 13.1 Å². The Hall–Kier alpha value is -2.01. The van der Waals surface area contributed by atoms with Crippen LogP contribution in [0.3, 0.4) is 0 Å². The van der Waals surface area contributed by atoms with Crippen LogP contribution in [-0.2, 0) is 6.54 Å². The minimum absolute atomic E-state index is 0.0707. The van der Waals surface area contributed by atoms with Crippen molar-refractivity contribution in [1.29, 1.82) is 0 Å². The van der Waals surface area contributed by atoms with Crippen molar-refractivity contribution in [2.24, 2.45) is 0 Å². The van der Waals surface area contributed by atoms with Crippen LogP contribution in [0.2, 0.25) is 0 Å². The highest BCUT2D eigenvalue weighted by atomic mass is 16.3. The zero-order valence-corrected chi connectivity index (χ0v) is 15.5. The third-order valence-electron chi connectivity index (χ3n) is 5.86. The lowest BCUT2D eigenvalue weighted by molar-refractivity contribution is 0.0937. The van der Waals surface area contributed by atoms with Gasteiger partial charge in [-0.05, 0) is 57.8 Å². The Kier molecular flexibility index (Phi) is 4.90. The SMILES string of the molecule is Cc1oc2ccc(O)c(CN3CCCCC3)c2c1C(=O)NC1CCCC1. The highest BCUT2D eigenvalue weighted by molar-refractivity contribution is 6.09. The van der Waals surface area contributed by atoms with Gasteiger partial charge in [0.15, 0.2) is 0 Å². The second-order valence-electron chi connectivity index (χ2n) is 7.76. The van der Waals surface area contributed by atoms with Crippen LogP contribution in [-0.4, -0.2) is 35.0 Å². The molecule has 2 N–H and O–H groups in total. The molecule has 0 unspecified atom stereocenters. The Morgan fingerprint density at radius 3 is 2.65 bits per heavy atom. The van der Waals surface area contributed by atoms with E-state index >= 15 is 0 Å². The highest BCUT2D eigenvalue weighted by Crippen LogP contribution is 2.35. The van der Waals surface area contributed by atoms with Crippen LogP contribution >= 0.6 is 0 Å². The summed E-state index contributed by atoms with van der Waals surface area (Å²) in [5, 5.41) is 14.5. The van der Waals surface area contributed by atoms with Crippen molar-refractivity contribution in [2.45, 2.75) is 64.5 Å². The minimum Gasteiger partial charge on any atom is -0.508 e. The molecule has 0 bridgehead atoms. The van der Waals surface area contributed by atoms with E-state index in [1.165, 1.54) is 32.1 Å². The first-order valence-electron chi connectivity index (χ1n) is 9.90. The maximum atomic E-state index is 13.0. The molecule has 4 rings (SSSR count). The van der Waals surface area contributed by atoms with E-state index in [1.807, 2.05) is 6.92 Å². The van der Waals surface area contributed by atoms with Crippen LogP contribution in [0.25, 0.3) is 11.0 Å². The molecule has 5 heteroatoms. The number of rotatable bonds is 4. The van der Waals surface area contributed by atoms with Crippen LogP contribution < -0.4 is 5.32 Å². The Labute approximate surface area is 154 Å². The van der Waals surface area contributed by atoms with Crippen LogP contribution in [0, 0.1) is 6.92 Å². The van der Waals surface area contributed by atoms with E-state index in [-0.39, 0.29) is 17.7 Å². The first kappa shape index (κ1) is 17.4. The lowest BCUT2D eigenvalue weighted by Crippen LogP contribution is -2.33. The molecule has 1 aliphatic heterocycles. The molecule has 2 aromatic rings. The summed E-state index contributed by atoms with van der Waals surface area (Å²) in [5.41, 5.74) is 2.09. The molecule has 1 aromatic heterocycles. The molecule has 0 atom stereocenters. The molecule has 1 saturated heterocycles. The lowest BCUT2D eigenvalue weighted by atomic mass is 10.0. The zero-order chi connectivity index (χ0) is 18.1. The van der Waals surface area contributed by atoms with Gasteiger partial charge < -0.3 is 14.8 Å². The second kappa shape index (κ2) is 7.31. The third-order valence-corrected chi connectivity index (χ3v) is 5.86. The molecule has 2 aliphatic rings. The van der Waals surface area contributed by atoms with Crippen molar-refractivity contribution in [3.63, 3.8) is 0 Å². The summed E-state index contributed by atoms with van der Waals surface area (Å²) in [6, 6.07) is 3.71. The number of hydrogen-bond acceptors (Lipinski definition) is 4. The van der Waals surface area contributed by atoms with Gasteiger partial charge in [-0.2, -0.15) is 0 Å². The fourth-order valence-electron chi connectivity index (χ4n) is 4.47. The molecular weight excluding hydrogens is 328 g/mol. The van der Waals surface area contributed by atoms with E-state index in [1.54, 1.807) is 12.1 Å². The molecule has 0 spiro atoms. The predicted octanol–water partition coefficient (Wildman–Crippen LogP) is 4.11. The summed E-state index contributed by atoms with van der Waals surface area (Å²) in [6.45, 7) is 4.57. The van der Waals surface area contributed by atoms with Gasteiger partial charge in [0, 0.05) is 23.5 Å². The monoisotopic (exact) mass is 356 g/mol. The van der Waals surface area contributed by atoms with E-state index in [0.717, 1.165) is 36.9 Å². The number of hydrogen-bond donors (Lipinski definition) is 2. The van der Waals surface area contributed by atoms with Crippen LogP contribution in [0.15, 0.2) is 16.5 Å². The fourth-order valence-corrected chi connectivity index (χ4v) is 4.47. The quantitative estimate of drug-likeness (QED) is 0.865. The number of nitrogens with one attached hydrogen (secondary N) is 1. The van der Waals surface area contributed by atoms with Gasteiger partial charge in [-0.3, -0.25) is 9.69 Å². The fraction of sp³-hybridized carbons (Fsp3) is 0.571. The molecule has 26 heavy (non-hydrogen) atoms. The van der Waals surface area contributed by atoms with Crippen LogP contribution in [0.5, 0.6) is 5.75 Å². The van der Waals surface area contributed by atoms with Crippen molar-refractivity contribution in [3.05, 3.63) is 29.0 Å². The average Bonchev–Trinajstić information content (AvgIpc) is 3.25. The van der Waals surface area contributed by atoms with E-state index in [0.29, 0.717) is 23.5 Å². The van der Waals surface area contributed by atoms with Gasteiger partial charge in [-0.25, -0.2) is 0 Å². The molecular formula is C21H28N2O3. The first-order chi connectivity index (χ1) is 12.6. The molecule has 1 aromatic carbocycles. The Morgan fingerprint density at radius 2 is 1.92 bits per heavy atom. The molecule has 2 heterocycles. The van der Waals surface area contributed by atoms with Gasteiger partial charge in [0.05, 0.1) is 5.56 Å². The van der Waals surface area contributed by atoms with Gasteiger partial charge in [-0.1, -0.05) is 19.3 Å². The van der Waals surface area contributed by atoms with Gasteiger partial charge in [-0.15, -0.1) is 0 Å². The smallest absolute Gasteiger partial charge is 0.255 e. The number of piperidine rings is 1. The summed E-state index contributed by atoms with van der Waals surface area (Å²) in [4.78, 5) is 15.3. The van der Waals surface area contributed by atoms with Crippen LogP contribution in [0.1, 0.15) is 66.6 Å². The van der Waals surface area contributed by atoms with Crippen molar-refractivity contribution >= 4 is 16.9 Å². The van der Waals surface area contributed by atoms with Gasteiger partial charge in [0.2, 0.25) is 0 Å². The van der Waals surface area contributed by atoms with Gasteiger partial charge in [0.1, 0.15) is 17.1 Å². The summed E-state index contributed by atoms with van der Waals surface area (Å²) in [7, 11) is 0. The summed E-state index contributed by atoms with van der Waals surface area (Å²) < 4.78 is 5.88. The molecule has 1 saturated carbocycles. The number of aryl methyl sites for hydroxylation is 1. The summed E-state index contributed by atoms with van der Waals surface area (Å²) >= 11 is 0. The number of carbonyl (C=O) groups excluding carboxylic acids is 1. The Bertz CT molecular complexity index is 799. The van der Waals surface area contributed by atoms with E-state index in [4.69, 9.17) is 4.42 Å². The largest absolute Gasteiger partial charge is 0.508 e. The van der Waals surface area contributed by atoms with Crippen molar-refractivity contribution < 1.29 is 14.3 Å². The van der Waals surface area contributed by atoms with Crippen molar-refractivity contribution in [3.8, 4) is 5.75 Å². The molecule has 5 nitrogen and oxygen atoms in total. The number of carbonyl (C=O) groups is 1. The number of furan rings is 1. The standard InChI is InChI=1S/C21H28N2O3/c1-14-19(21(25)22-15-7-3-4-8-15)20-16(13-23-11-5-2-6-12-23)17(24)9-10-18(20)26-14/h9-10,15,24H,2-8,11-13H2,1H3,(H,22,25). The lowest BCUT2D eigenvalue weighted by Gasteiger charge is -2.27. The van der Waals surface area contributed by atoms with E-state index < -0.39 is 0 Å². The predicted molar refractivity (Wildman–Crippen MR) is 101 cm³/mol. The third kappa shape index (κ3) is 3.32. The first-order valence-corrected chi connectivity index (χ1v) is 9.90. The number of benzene rings is 1. The number of nitrogens with zero attached hydrogens (tertiary/aromatic N) is 1. The van der Waals surface area contributed by atoms with Crippen molar-refractivity contribution in [1.82, 2.24) is 10.2 Å². The second-order valence-corrected chi connectivity index (χ2v) is 7.76. The minimum atomic E-state index is -0.0707. The number of likely N-dealkylation sites (tertiary alicyclic amines) is 1. The van der Waals surface area contributed by atoms with E-state index in [9.17, 15) is 9.90 Å². The molecule has 1 aliphatic carbocycles. The highest BCUT2D eigenvalue weighted by Gasteiger charge is 2.26. The zero-order valence-electron chi connectivity index (χ0n) is 15.5. The number of phenolic OH excluding ortho intramolecular Hbond substituents is 1. The number of aromatic hydroxyl groups is 1. The molecule has 2 fully saturated rings. The Morgan fingerprint density at radius 1 is 1.19 bits per heavy atom. The number of amides is 1. The Balaban J connectivity index is 1.70. The maximum absolute atomic E-state index is 13.0. The molecule has 140 valence electrons. The number of phenols is 1. The summed E-state index contributed by atoms with van der Waals surface area (Å²) in [5.74, 6) is 0.804. The van der Waals surface area contributed by atoms with Gasteiger partial charge >= 0.3 is 0 Å². The summed E-state index contributed by atoms with van der Waals surface area (Å²) in [6.07, 6.45) is 8.10. The molecule has 1 amide bonds. The average molecular weight is 356 g/mol. The van der Waals surface area contributed by atoms with E-state index in [2.05, 4.69) is 10.2 Å². The van der Waals surface area contributed by atoms with Gasteiger partial charge in [0.25, 0.3) is 5.91 Å². The normalized spacial score (nSPS) is 19.3.